The first-order valence-electron chi connectivity index (χ1n) is 5.72. The van der Waals surface area contributed by atoms with E-state index in [0.717, 1.165) is 12.0 Å². The average Bonchev–Trinajstić information content (AvgIpc) is 2.30. The molecule has 0 unspecified atom stereocenters. The van der Waals surface area contributed by atoms with Crippen molar-refractivity contribution < 1.29 is 0 Å². The third kappa shape index (κ3) is 4.05. The zero-order valence-corrected chi connectivity index (χ0v) is 10.4. The van der Waals surface area contributed by atoms with E-state index in [-0.39, 0.29) is 6.04 Å². The van der Waals surface area contributed by atoms with Gasteiger partial charge >= 0.3 is 0 Å². The molecule has 0 saturated carbocycles. The number of hydrogen-bond acceptors (Lipinski definition) is 4. The molecule has 1 aromatic carbocycles. The number of nitrogens with zero attached hydrogens (tertiary/aromatic N) is 2. The lowest BCUT2D eigenvalue weighted by Gasteiger charge is -2.17. The number of hydrogen-bond donors (Lipinski definition) is 3. The van der Waals surface area contributed by atoms with Crippen LogP contribution >= 0.6 is 0 Å². The zero-order valence-electron chi connectivity index (χ0n) is 10.4. The van der Waals surface area contributed by atoms with Crippen LogP contribution in [0.4, 0.5) is 0 Å². The van der Waals surface area contributed by atoms with Crippen molar-refractivity contribution in [2.24, 2.45) is 22.4 Å². The number of hydrazine groups is 1. The van der Waals surface area contributed by atoms with Crippen LogP contribution in [0.1, 0.15) is 25.0 Å². The molecular formula is C12H21N5. The van der Waals surface area contributed by atoms with Crippen molar-refractivity contribution in [2.75, 3.05) is 6.54 Å². The number of benzene rings is 1. The zero-order chi connectivity index (χ0) is 12.8. The van der Waals surface area contributed by atoms with Gasteiger partial charge in [0.2, 0.25) is 0 Å². The van der Waals surface area contributed by atoms with Crippen LogP contribution in [0.5, 0.6) is 0 Å². The topological polar surface area (TPSA) is 93.7 Å². The number of nitrogens with two attached hydrogens (primary N) is 3. The number of rotatable bonds is 5. The van der Waals surface area contributed by atoms with Gasteiger partial charge in [0.05, 0.1) is 6.04 Å². The maximum atomic E-state index is 5.86. The van der Waals surface area contributed by atoms with E-state index in [1.807, 2.05) is 38.1 Å². The van der Waals surface area contributed by atoms with Crippen molar-refractivity contribution in [1.29, 1.82) is 0 Å². The molecule has 0 amide bonds. The summed E-state index contributed by atoms with van der Waals surface area (Å²) in [7, 11) is 0. The van der Waals surface area contributed by atoms with Crippen molar-refractivity contribution in [2.45, 2.75) is 26.3 Å². The minimum atomic E-state index is 0.116. The largest absolute Gasteiger partial charge is 0.382 e. The monoisotopic (exact) mass is 235 g/mol. The van der Waals surface area contributed by atoms with Gasteiger partial charge in [0, 0.05) is 5.56 Å². The van der Waals surface area contributed by atoms with Crippen molar-refractivity contribution >= 4 is 5.84 Å². The van der Waals surface area contributed by atoms with Crippen LogP contribution in [0, 0.1) is 0 Å². The Balaban J connectivity index is 2.78. The molecule has 0 saturated heterocycles. The highest BCUT2D eigenvalue weighted by Gasteiger charge is 2.03. The van der Waals surface area contributed by atoms with E-state index in [9.17, 15) is 0 Å². The summed E-state index contributed by atoms with van der Waals surface area (Å²) in [5.74, 6) is 6.10. The molecule has 0 atom stereocenters. The van der Waals surface area contributed by atoms with Crippen LogP contribution in [0.3, 0.4) is 0 Å². The van der Waals surface area contributed by atoms with Crippen LogP contribution in [0.2, 0.25) is 0 Å². The van der Waals surface area contributed by atoms with E-state index in [1.54, 1.807) is 0 Å². The first-order chi connectivity index (χ1) is 8.04. The Labute approximate surface area is 102 Å². The second kappa shape index (κ2) is 6.22. The third-order valence-corrected chi connectivity index (χ3v) is 2.44. The molecule has 0 heterocycles. The lowest BCUT2D eigenvalue weighted by Crippen LogP contribution is -2.35. The molecule has 0 fully saturated rings. The Hall–Kier alpha value is -1.59. The molecule has 5 heteroatoms. The van der Waals surface area contributed by atoms with Gasteiger partial charge in [0.25, 0.3) is 0 Å². The SMILES string of the molecule is CC(C)N(N)/N=C(\N)c1ccc(CCN)cc1. The lowest BCUT2D eigenvalue weighted by molar-refractivity contribution is 0.239. The summed E-state index contributed by atoms with van der Waals surface area (Å²) in [6, 6.07) is 7.97. The first-order valence-corrected chi connectivity index (χ1v) is 5.72. The van der Waals surface area contributed by atoms with Gasteiger partial charge < -0.3 is 11.5 Å². The highest BCUT2D eigenvalue weighted by atomic mass is 15.6. The lowest BCUT2D eigenvalue weighted by atomic mass is 10.1. The van der Waals surface area contributed by atoms with E-state index >= 15 is 0 Å². The summed E-state index contributed by atoms with van der Waals surface area (Å²) in [5, 5.41) is 5.45. The second-order valence-corrected chi connectivity index (χ2v) is 4.19. The van der Waals surface area contributed by atoms with Crippen molar-refractivity contribution in [3.63, 3.8) is 0 Å². The predicted octanol–water partition coefficient (Wildman–Crippen LogP) is 0.392. The summed E-state index contributed by atoms with van der Waals surface area (Å²) in [6.45, 7) is 4.54. The van der Waals surface area contributed by atoms with Gasteiger partial charge in [-0.2, -0.15) is 0 Å². The average molecular weight is 235 g/mol. The van der Waals surface area contributed by atoms with Gasteiger partial charge in [0.15, 0.2) is 5.84 Å². The molecular weight excluding hydrogens is 214 g/mol. The molecule has 0 bridgehead atoms. The molecule has 1 rings (SSSR count). The fraction of sp³-hybridized carbons (Fsp3) is 0.417. The normalized spacial score (nSPS) is 11.9. The van der Waals surface area contributed by atoms with E-state index in [0.29, 0.717) is 12.4 Å². The van der Waals surface area contributed by atoms with Crippen LogP contribution < -0.4 is 17.3 Å². The molecule has 0 aliphatic rings. The fourth-order valence-corrected chi connectivity index (χ4v) is 1.31. The Kier molecular flexibility index (Phi) is 4.93. The van der Waals surface area contributed by atoms with Crippen molar-refractivity contribution in [3.05, 3.63) is 35.4 Å². The third-order valence-electron chi connectivity index (χ3n) is 2.44. The molecule has 0 spiro atoms. The molecule has 94 valence electrons. The van der Waals surface area contributed by atoms with E-state index in [4.69, 9.17) is 17.3 Å². The van der Waals surface area contributed by atoms with Crippen LogP contribution in [0.25, 0.3) is 0 Å². The molecule has 0 aliphatic carbocycles. The van der Waals surface area contributed by atoms with E-state index < -0.39 is 0 Å². The van der Waals surface area contributed by atoms with Gasteiger partial charge in [-0.05, 0) is 32.4 Å². The molecule has 17 heavy (non-hydrogen) atoms. The quantitative estimate of drug-likeness (QED) is 0.298. The van der Waals surface area contributed by atoms with Crippen molar-refractivity contribution in [3.8, 4) is 0 Å². The Morgan fingerprint density at radius 1 is 1.29 bits per heavy atom. The molecule has 5 nitrogen and oxygen atoms in total. The van der Waals surface area contributed by atoms with Crippen LogP contribution in [-0.4, -0.2) is 23.5 Å². The predicted molar refractivity (Wildman–Crippen MR) is 71.1 cm³/mol. The fourth-order valence-electron chi connectivity index (χ4n) is 1.31. The van der Waals surface area contributed by atoms with Gasteiger partial charge in [-0.1, -0.05) is 24.3 Å². The maximum Gasteiger partial charge on any atom is 0.152 e. The highest BCUT2D eigenvalue weighted by molar-refractivity contribution is 5.97. The molecule has 0 radical (unpaired) electrons. The molecule has 6 N–H and O–H groups in total. The van der Waals surface area contributed by atoms with Crippen LogP contribution in [0.15, 0.2) is 29.4 Å². The summed E-state index contributed by atoms with van der Waals surface area (Å²) in [6.07, 6.45) is 0.867. The van der Waals surface area contributed by atoms with Crippen molar-refractivity contribution in [1.82, 2.24) is 5.12 Å². The summed E-state index contributed by atoms with van der Waals surface area (Å²) < 4.78 is 0. The Morgan fingerprint density at radius 2 is 1.88 bits per heavy atom. The summed E-state index contributed by atoms with van der Waals surface area (Å²) in [4.78, 5) is 0. The van der Waals surface area contributed by atoms with Gasteiger partial charge in [-0.25, -0.2) is 11.0 Å². The van der Waals surface area contributed by atoms with Gasteiger partial charge in [-0.15, -0.1) is 5.10 Å². The smallest absolute Gasteiger partial charge is 0.152 e. The van der Waals surface area contributed by atoms with E-state index in [2.05, 4.69) is 5.10 Å². The highest BCUT2D eigenvalue weighted by Crippen LogP contribution is 2.05. The minimum absolute atomic E-state index is 0.116. The Morgan fingerprint density at radius 3 is 2.35 bits per heavy atom. The minimum Gasteiger partial charge on any atom is -0.382 e. The molecule has 0 aliphatic heterocycles. The molecule has 0 aromatic heterocycles. The van der Waals surface area contributed by atoms with Gasteiger partial charge in [-0.3, -0.25) is 0 Å². The maximum absolute atomic E-state index is 5.86. The number of amidine groups is 1. The molecule has 1 aromatic rings. The van der Waals surface area contributed by atoms with Crippen LogP contribution in [-0.2, 0) is 6.42 Å². The van der Waals surface area contributed by atoms with E-state index in [1.165, 1.54) is 10.7 Å². The summed E-state index contributed by atoms with van der Waals surface area (Å²) in [5.41, 5.74) is 13.4. The Bertz CT molecular complexity index is 369. The van der Waals surface area contributed by atoms with Gasteiger partial charge in [0.1, 0.15) is 0 Å². The number of hydrazone groups is 1. The standard InChI is InChI=1S/C12H21N5/c1-9(2)17(15)16-12(14)11-5-3-10(4-6-11)7-8-13/h3-6,9H,7-8,13,15H2,1-2H3,(H2,14,16). The first kappa shape index (κ1) is 13.5. The summed E-state index contributed by atoms with van der Waals surface area (Å²) >= 11 is 0. The second-order valence-electron chi connectivity index (χ2n) is 4.19.